The Balaban J connectivity index is 0.00000264. The molecule has 0 spiro atoms. The van der Waals surface area contributed by atoms with Crippen molar-refractivity contribution in [1.29, 1.82) is 0 Å². The number of carbonyl (C=O) groups is 1. The van der Waals surface area contributed by atoms with Crippen molar-refractivity contribution in [1.82, 2.24) is 15.1 Å². The molecule has 0 bridgehead atoms. The number of benzene rings is 1. The second kappa shape index (κ2) is 11.7. The van der Waals surface area contributed by atoms with Gasteiger partial charge in [-0.25, -0.2) is 0 Å². The van der Waals surface area contributed by atoms with Crippen LogP contribution in [0.4, 0.5) is 0 Å². The molecule has 6 heteroatoms. The summed E-state index contributed by atoms with van der Waals surface area (Å²) in [6.45, 7) is 6.87. The number of carbonyl (C=O) groups excluding carboxylic acids is 1. The minimum absolute atomic E-state index is 0. The van der Waals surface area contributed by atoms with Crippen LogP contribution in [0.15, 0.2) is 24.3 Å². The standard InChI is InChI=1S/C18H29N3O.2ClH/c1-4-19-13-15-8-10-21(11-9-15)18(22)17-7-5-6-16(12-17)14-20(2)3;;/h5-7,12,15,19H,4,8-11,13-14H2,1-3H3;2*1H. The molecule has 1 aromatic rings. The van der Waals surface area contributed by atoms with Gasteiger partial charge in [-0.15, -0.1) is 24.8 Å². The van der Waals surface area contributed by atoms with Crippen molar-refractivity contribution in [3.8, 4) is 0 Å². The van der Waals surface area contributed by atoms with E-state index in [4.69, 9.17) is 0 Å². The maximum atomic E-state index is 12.7. The second-order valence-electron chi connectivity index (χ2n) is 6.48. The van der Waals surface area contributed by atoms with Gasteiger partial charge in [-0.2, -0.15) is 0 Å². The van der Waals surface area contributed by atoms with Gasteiger partial charge in [0.05, 0.1) is 0 Å². The first-order valence-electron chi connectivity index (χ1n) is 8.33. The Hall–Kier alpha value is -0.810. The highest BCUT2D eigenvalue weighted by molar-refractivity contribution is 5.94. The first kappa shape index (κ1) is 23.2. The van der Waals surface area contributed by atoms with Crippen LogP contribution in [0.5, 0.6) is 0 Å². The van der Waals surface area contributed by atoms with Gasteiger partial charge in [-0.3, -0.25) is 4.79 Å². The molecular formula is C18H31Cl2N3O. The molecule has 1 aromatic carbocycles. The van der Waals surface area contributed by atoms with Crippen LogP contribution >= 0.6 is 24.8 Å². The zero-order valence-corrected chi connectivity index (χ0v) is 16.6. The lowest BCUT2D eigenvalue weighted by atomic mass is 9.96. The van der Waals surface area contributed by atoms with Crippen LogP contribution in [0.1, 0.15) is 35.7 Å². The molecule has 4 nitrogen and oxygen atoms in total. The molecule has 0 unspecified atom stereocenters. The van der Waals surface area contributed by atoms with Crippen LogP contribution in [0.25, 0.3) is 0 Å². The Bertz CT molecular complexity index is 489. The highest BCUT2D eigenvalue weighted by atomic mass is 35.5. The summed E-state index contributed by atoms with van der Waals surface area (Å²) < 4.78 is 0. The number of halogens is 2. The normalized spacial score (nSPS) is 14.9. The Kier molecular flexibility index (Phi) is 11.3. The highest BCUT2D eigenvalue weighted by Crippen LogP contribution is 2.19. The zero-order valence-electron chi connectivity index (χ0n) is 15.0. The minimum atomic E-state index is 0. The monoisotopic (exact) mass is 375 g/mol. The van der Waals surface area contributed by atoms with Crippen LogP contribution in [0.3, 0.4) is 0 Å². The SMILES string of the molecule is CCNCC1CCN(C(=O)c2cccc(CN(C)C)c2)CC1.Cl.Cl. The Morgan fingerprint density at radius 3 is 2.50 bits per heavy atom. The summed E-state index contributed by atoms with van der Waals surface area (Å²) in [5, 5.41) is 3.41. The Morgan fingerprint density at radius 1 is 1.25 bits per heavy atom. The maximum Gasteiger partial charge on any atom is 0.253 e. The minimum Gasteiger partial charge on any atom is -0.339 e. The lowest BCUT2D eigenvalue weighted by Crippen LogP contribution is -2.40. The summed E-state index contributed by atoms with van der Waals surface area (Å²) in [6.07, 6.45) is 2.21. The highest BCUT2D eigenvalue weighted by Gasteiger charge is 2.23. The fraction of sp³-hybridized carbons (Fsp3) is 0.611. The average Bonchev–Trinajstić information content (AvgIpc) is 2.52. The van der Waals surface area contributed by atoms with Gasteiger partial charge in [-0.1, -0.05) is 19.1 Å². The van der Waals surface area contributed by atoms with E-state index in [-0.39, 0.29) is 30.7 Å². The lowest BCUT2D eigenvalue weighted by Gasteiger charge is -2.32. The fourth-order valence-electron chi connectivity index (χ4n) is 3.04. The van der Waals surface area contributed by atoms with Gasteiger partial charge in [0, 0.05) is 25.2 Å². The fourth-order valence-corrected chi connectivity index (χ4v) is 3.04. The summed E-state index contributed by atoms with van der Waals surface area (Å²) >= 11 is 0. The number of nitrogens with one attached hydrogen (secondary N) is 1. The Labute approximate surface area is 158 Å². The molecule has 1 amide bonds. The van der Waals surface area contributed by atoms with E-state index >= 15 is 0 Å². The predicted octanol–water partition coefficient (Wildman–Crippen LogP) is 3.05. The molecule has 1 aliphatic rings. The van der Waals surface area contributed by atoms with E-state index in [1.165, 1.54) is 5.56 Å². The summed E-state index contributed by atoms with van der Waals surface area (Å²) in [4.78, 5) is 16.8. The molecule has 1 fully saturated rings. The van der Waals surface area contributed by atoms with Crippen LogP contribution < -0.4 is 5.32 Å². The third-order valence-electron chi connectivity index (χ3n) is 4.26. The van der Waals surface area contributed by atoms with Gasteiger partial charge in [0.1, 0.15) is 0 Å². The molecule has 1 heterocycles. The second-order valence-corrected chi connectivity index (χ2v) is 6.48. The van der Waals surface area contributed by atoms with E-state index in [9.17, 15) is 4.79 Å². The number of likely N-dealkylation sites (tertiary alicyclic amines) is 1. The Morgan fingerprint density at radius 2 is 1.92 bits per heavy atom. The molecule has 0 aliphatic carbocycles. The molecule has 0 radical (unpaired) electrons. The van der Waals surface area contributed by atoms with E-state index in [0.29, 0.717) is 5.92 Å². The summed E-state index contributed by atoms with van der Waals surface area (Å²) in [7, 11) is 4.09. The van der Waals surface area contributed by atoms with Gasteiger partial charge in [-0.05, 0) is 63.6 Å². The molecule has 0 saturated carbocycles. The molecule has 1 aliphatic heterocycles. The number of hydrogen-bond donors (Lipinski definition) is 1. The van der Waals surface area contributed by atoms with Gasteiger partial charge in [0.2, 0.25) is 0 Å². The van der Waals surface area contributed by atoms with Gasteiger partial charge >= 0.3 is 0 Å². The van der Waals surface area contributed by atoms with Crippen molar-refractivity contribution in [2.45, 2.75) is 26.3 Å². The zero-order chi connectivity index (χ0) is 15.9. The molecule has 24 heavy (non-hydrogen) atoms. The number of hydrogen-bond acceptors (Lipinski definition) is 3. The van der Waals surface area contributed by atoms with Crippen molar-refractivity contribution in [3.63, 3.8) is 0 Å². The summed E-state index contributed by atoms with van der Waals surface area (Å²) in [5.41, 5.74) is 2.02. The molecule has 0 aromatic heterocycles. The molecular weight excluding hydrogens is 345 g/mol. The van der Waals surface area contributed by atoms with Crippen LogP contribution in [0, 0.1) is 5.92 Å². The van der Waals surface area contributed by atoms with Crippen LogP contribution in [-0.2, 0) is 6.54 Å². The first-order valence-corrected chi connectivity index (χ1v) is 8.33. The maximum absolute atomic E-state index is 12.7. The molecule has 1 N–H and O–H groups in total. The topological polar surface area (TPSA) is 35.6 Å². The van der Waals surface area contributed by atoms with Crippen LogP contribution in [-0.4, -0.2) is 56.0 Å². The van der Waals surface area contributed by atoms with E-state index in [1.54, 1.807) is 0 Å². The van der Waals surface area contributed by atoms with Crippen molar-refractivity contribution in [2.24, 2.45) is 5.92 Å². The molecule has 138 valence electrons. The van der Waals surface area contributed by atoms with Gasteiger partial charge in [0.25, 0.3) is 5.91 Å². The van der Waals surface area contributed by atoms with E-state index in [2.05, 4.69) is 23.2 Å². The van der Waals surface area contributed by atoms with Crippen molar-refractivity contribution in [3.05, 3.63) is 35.4 Å². The van der Waals surface area contributed by atoms with E-state index in [1.807, 2.05) is 37.2 Å². The largest absolute Gasteiger partial charge is 0.339 e. The average molecular weight is 376 g/mol. The molecule has 0 atom stereocenters. The number of nitrogens with zero attached hydrogens (tertiary/aromatic N) is 2. The first-order chi connectivity index (χ1) is 10.6. The molecule has 1 saturated heterocycles. The summed E-state index contributed by atoms with van der Waals surface area (Å²) in [5.74, 6) is 0.895. The molecule has 2 rings (SSSR count). The van der Waals surface area contributed by atoms with Gasteiger partial charge in [0.15, 0.2) is 0 Å². The quantitative estimate of drug-likeness (QED) is 0.829. The number of amides is 1. The van der Waals surface area contributed by atoms with Crippen LogP contribution in [0.2, 0.25) is 0 Å². The van der Waals surface area contributed by atoms with Crippen molar-refractivity contribution >= 4 is 30.7 Å². The lowest BCUT2D eigenvalue weighted by molar-refractivity contribution is 0.0690. The third-order valence-corrected chi connectivity index (χ3v) is 4.26. The number of piperidine rings is 1. The van der Waals surface area contributed by atoms with Crippen molar-refractivity contribution in [2.75, 3.05) is 40.3 Å². The van der Waals surface area contributed by atoms with E-state index < -0.39 is 0 Å². The third kappa shape index (κ3) is 6.98. The predicted molar refractivity (Wildman–Crippen MR) is 106 cm³/mol. The van der Waals surface area contributed by atoms with E-state index in [0.717, 1.165) is 51.1 Å². The summed E-state index contributed by atoms with van der Waals surface area (Å²) in [6, 6.07) is 8.04. The van der Waals surface area contributed by atoms with Gasteiger partial charge < -0.3 is 15.1 Å². The van der Waals surface area contributed by atoms with Crippen molar-refractivity contribution < 1.29 is 4.79 Å². The number of rotatable bonds is 6. The smallest absolute Gasteiger partial charge is 0.253 e.